The summed E-state index contributed by atoms with van der Waals surface area (Å²) in [5, 5.41) is 2.81. The number of anilines is 1. The SMILES string of the molecule is CSCC(C)NC(=O)c1cncc(N)n1. The maximum absolute atomic E-state index is 11.6. The molecule has 0 aliphatic rings. The van der Waals surface area contributed by atoms with Crippen molar-refractivity contribution >= 4 is 23.5 Å². The Bertz CT molecular complexity index is 345. The van der Waals surface area contributed by atoms with Crippen LogP contribution in [0.4, 0.5) is 5.82 Å². The van der Waals surface area contributed by atoms with Crippen molar-refractivity contribution in [2.45, 2.75) is 13.0 Å². The molecular weight excluding hydrogens is 212 g/mol. The van der Waals surface area contributed by atoms with Crippen LogP contribution in [-0.4, -0.2) is 33.9 Å². The van der Waals surface area contributed by atoms with Gasteiger partial charge in [0.15, 0.2) is 0 Å². The van der Waals surface area contributed by atoms with E-state index in [0.717, 1.165) is 5.75 Å². The first kappa shape index (κ1) is 11.8. The Morgan fingerprint density at radius 2 is 2.40 bits per heavy atom. The lowest BCUT2D eigenvalue weighted by Gasteiger charge is -2.11. The summed E-state index contributed by atoms with van der Waals surface area (Å²) in [4.78, 5) is 19.3. The second kappa shape index (κ2) is 5.55. The molecule has 0 aromatic carbocycles. The molecule has 0 radical (unpaired) electrons. The molecule has 1 aromatic heterocycles. The first-order chi connectivity index (χ1) is 7.13. The van der Waals surface area contributed by atoms with Gasteiger partial charge in [0.25, 0.3) is 5.91 Å². The summed E-state index contributed by atoms with van der Waals surface area (Å²) in [6, 6.07) is 0.107. The lowest BCUT2D eigenvalue weighted by molar-refractivity contribution is 0.0938. The molecule has 1 rings (SSSR count). The Morgan fingerprint density at radius 1 is 1.67 bits per heavy atom. The molecule has 82 valence electrons. The van der Waals surface area contributed by atoms with Crippen LogP contribution in [-0.2, 0) is 0 Å². The zero-order valence-electron chi connectivity index (χ0n) is 8.73. The van der Waals surface area contributed by atoms with Gasteiger partial charge in [-0.2, -0.15) is 11.8 Å². The maximum atomic E-state index is 11.6. The van der Waals surface area contributed by atoms with Gasteiger partial charge in [-0.3, -0.25) is 9.78 Å². The van der Waals surface area contributed by atoms with Crippen molar-refractivity contribution in [1.29, 1.82) is 0 Å². The van der Waals surface area contributed by atoms with Gasteiger partial charge in [-0.15, -0.1) is 0 Å². The van der Waals surface area contributed by atoms with Gasteiger partial charge in [-0.05, 0) is 13.2 Å². The molecule has 0 aliphatic heterocycles. The zero-order valence-corrected chi connectivity index (χ0v) is 9.54. The fraction of sp³-hybridized carbons (Fsp3) is 0.444. The van der Waals surface area contributed by atoms with Crippen molar-refractivity contribution in [3.8, 4) is 0 Å². The molecule has 0 saturated carbocycles. The van der Waals surface area contributed by atoms with E-state index >= 15 is 0 Å². The largest absolute Gasteiger partial charge is 0.382 e. The highest BCUT2D eigenvalue weighted by Crippen LogP contribution is 2.00. The van der Waals surface area contributed by atoms with E-state index in [1.165, 1.54) is 12.4 Å². The van der Waals surface area contributed by atoms with Crippen LogP contribution < -0.4 is 11.1 Å². The third-order valence-corrected chi connectivity index (χ3v) is 2.51. The number of hydrogen-bond acceptors (Lipinski definition) is 5. The molecule has 1 amide bonds. The van der Waals surface area contributed by atoms with Crippen LogP contribution in [0.25, 0.3) is 0 Å². The molecule has 0 bridgehead atoms. The highest BCUT2D eigenvalue weighted by Gasteiger charge is 2.10. The molecule has 3 N–H and O–H groups in total. The summed E-state index contributed by atoms with van der Waals surface area (Å²) in [6.07, 6.45) is 4.79. The van der Waals surface area contributed by atoms with Crippen molar-refractivity contribution in [2.75, 3.05) is 17.7 Å². The summed E-state index contributed by atoms with van der Waals surface area (Å²) >= 11 is 1.67. The molecule has 0 aliphatic carbocycles. The molecule has 6 heteroatoms. The lowest BCUT2D eigenvalue weighted by Crippen LogP contribution is -2.34. The summed E-state index contributed by atoms with van der Waals surface area (Å²) in [6.45, 7) is 1.94. The van der Waals surface area contributed by atoms with Gasteiger partial charge < -0.3 is 11.1 Å². The number of nitrogens with two attached hydrogens (primary N) is 1. The monoisotopic (exact) mass is 226 g/mol. The van der Waals surface area contributed by atoms with Crippen molar-refractivity contribution in [3.05, 3.63) is 18.1 Å². The summed E-state index contributed by atoms with van der Waals surface area (Å²) in [7, 11) is 0. The summed E-state index contributed by atoms with van der Waals surface area (Å²) in [5.74, 6) is 0.873. The Kier molecular flexibility index (Phi) is 4.36. The van der Waals surface area contributed by atoms with Gasteiger partial charge in [-0.1, -0.05) is 0 Å². The lowest BCUT2D eigenvalue weighted by atomic mass is 10.3. The van der Waals surface area contributed by atoms with Crippen LogP contribution in [0.5, 0.6) is 0 Å². The molecule has 1 unspecified atom stereocenters. The van der Waals surface area contributed by atoms with Crippen molar-refractivity contribution < 1.29 is 4.79 Å². The molecule has 1 atom stereocenters. The van der Waals surface area contributed by atoms with E-state index < -0.39 is 0 Å². The minimum absolute atomic E-state index is 0.107. The second-order valence-electron chi connectivity index (χ2n) is 3.16. The quantitative estimate of drug-likeness (QED) is 0.783. The number of carbonyl (C=O) groups excluding carboxylic acids is 1. The molecule has 1 aromatic rings. The molecule has 0 spiro atoms. The van der Waals surface area contributed by atoms with Crippen LogP contribution in [0, 0.1) is 0 Å². The van der Waals surface area contributed by atoms with Crippen LogP contribution in [0.1, 0.15) is 17.4 Å². The zero-order chi connectivity index (χ0) is 11.3. The number of nitrogens with one attached hydrogen (secondary N) is 1. The third-order valence-electron chi connectivity index (χ3n) is 1.68. The van der Waals surface area contributed by atoms with Crippen LogP contribution in [0.3, 0.4) is 0 Å². The first-order valence-corrected chi connectivity index (χ1v) is 5.90. The fourth-order valence-corrected chi connectivity index (χ4v) is 1.66. The van der Waals surface area contributed by atoms with Crippen molar-refractivity contribution in [1.82, 2.24) is 15.3 Å². The minimum atomic E-state index is -0.239. The molecule has 15 heavy (non-hydrogen) atoms. The Labute approximate surface area is 92.9 Å². The number of thioether (sulfide) groups is 1. The number of hydrogen-bond donors (Lipinski definition) is 2. The van der Waals surface area contributed by atoms with Gasteiger partial charge in [-0.25, -0.2) is 4.98 Å². The summed E-state index contributed by atoms with van der Waals surface area (Å²) in [5.41, 5.74) is 5.68. The van der Waals surface area contributed by atoms with Gasteiger partial charge in [0.2, 0.25) is 0 Å². The molecular formula is C9H14N4OS. The predicted molar refractivity (Wildman–Crippen MR) is 61.8 cm³/mol. The fourth-order valence-electron chi connectivity index (χ4n) is 1.08. The standard InChI is InChI=1S/C9H14N4OS/c1-6(5-15-2)12-9(14)7-3-11-4-8(10)13-7/h3-4,6H,5H2,1-2H3,(H2,10,13)(H,12,14). The van der Waals surface area contributed by atoms with Gasteiger partial charge >= 0.3 is 0 Å². The Balaban J connectivity index is 2.61. The van der Waals surface area contributed by atoms with Crippen molar-refractivity contribution in [3.63, 3.8) is 0 Å². The highest BCUT2D eigenvalue weighted by atomic mass is 32.2. The van der Waals surface area contributed by atoms with E-state index in [1.54, 1.807) is 11.8 Å². The topological polar surface area (TPSA) is 80.9 Å². The summed E-state index contributed by atoms with van der Waals surface area (Å²) < 4.78 is 0. The number of carbonyl (C=O) groups is 1. The van der Waals surface area contributed by atoms with Gasteiger partial charge in [0.1, 0.15) is 11.5 Å². The number of rotatable bonds is 4. The smallest absolute Gasteiger partial charge is 0.271 e. The number of aromatic nitrogens is 2. The van der Waals surface area contributed by atoms with Gasteiger partial charge in [0.05, 0.1) is 12.4 Å². The van der Waals surface area contributed by atoms with Crippen molar-refractivity contribution in [2.24, 2.45) is 0 Å². The maximum Gasteiger partial charge on any atom is 0.271 e. The Hall–Kier alpha value is -1.30. The first-order valence-electron chi connectivity index (χ1n) is 4.50. The van der Waals surface area contributed by atoms with Crippen LogP contribution in [0.15, 0.2) is 12.4 Å². The van der Waals surface area contributed by atoms with E-state index in [9.17, 15) is 4.79 Å². The van der Waals surface area contributed by atoms with Crippen LogP contribution >= 0.6 is 11.8 Å². The number of amides is 1. The van der Waals surface area contributed by atoms with E-state index in [1.807, 2.05) is 13.2 Å². The average Bonchev–Trinajstić information content (AvgIpc) is 2.18. The third kappa shape index (κ3) is 3.75. The average molecular weight is 226 g/mol. The van der Waals surface area contributed by atoms with E-state index in [0.29, 0.717) is 0 Å². The number of nitrogens with zero attached hydrogens (tertiary/aromatic N) is 2. The van der Waals surface area contributed by atoms with E-state index in [4.69, 9.17) is 5.73 Å². The predicted octanol–water partition coefficient (Wildman–Crippen LogP) is 0.540. The number of nitrogen functional groups attached to an aromatic ring is 1. The van der Waals surface area contributed by atoms with Crippen LogP contribution in [0.2, 0.25) is 0 Å². The molecule has 0 fully saturated rings. The Morgan fingerprint density at radius 3 is 3.00 bits per heavy atom. The highest BCUT2D eigenvalue weighted by molar-refractivity contribution is 7.98. The minimum Gasteiger partial charge on any atom is -0.382 e. The normalized spacial score (nSPS) is 12.1. The molecule has 1 heterocycles. The van der Waals surface area contributed by atoms with Gasteiger partial charge in [0, 0.05) is 11.8 Å². The van der Waals surface area contributed by atoms with E-state index in [-0.39, 0.29) is 23.5 Å². The second-order valence-corrected chi connectivity index (χ2v) is 4.07. The molecule has 0 saturated heterocycles. The molecule has 5 nitrogen and oxygen atoms in total. The van der Waals surface area contributed by atoms with E-state index in [2.05, 4.69) is 15.3 Å².